The maximum atomic E-state index is 5.62. The van der Waals surface area contributed by atoms with Crippen molar-refractivity contribution in [1.29, 1.82) is 0 Å². The summed E-state index contributed by atoms with van der Waals surface area (Å²) in [5.41, 5.74) is 10.2. The minimum absolute atomic E-state index is 0.160. The highest BCUT2D eigenvalue weighted by molar-refractivity contribution is 5.63. The molecule has 0 radical (unpaired) electrons. The lowest BCUT2D eigenvalue weighted by molar-refractivity contribution is 0.866. The van der Waals surface area contributed by atoms with Crippen molar-refractivity contribution in [3.05, 3.63) is 30.3 Å². The van der Waals surface area contributed by atoms with Gasteiger partial charge in [-0.2, -0.15) is 9.97 Å². The van der Waals surface area contributed by atoms with E-state index in [-0.39, 0.29) is 5.95 Å². The molecule has 0 aliphatic rings. The fourth-order valence-corrected chi connectivity index (χ4v) is 2.10. The molecule has 6 N–H and O–H groups in total. The molecule has 0 spiro atoms. The zero-order valence-electron chi connectivity index (χ0n) is 12.3. The first kappa shape index (κ1) is 14.9. The largest absolute Gasteiger partial charge is 0.372 e. The zero-order chi connectivity index (χ0) is 15.2. The number of nitrogens with two attached hydrogens (primary N) is 2. The topological polar surface area (TPSA) is 105 Å². The average molecular weight is 287 g/mol. The third-order valence-electron chi connectivity index (χ3n) is 3.16. The van der Waals surface area contributed by atoms with Gasteiger partial charge in [0.15, 0.2) is 0 Å². The number of hydrogen-bond acceptors (Lipinski definition) is 7. The van der Waals surface area contributed by atoms with Crippen molar-refractivity contribution in [2.45, 2.75) is 13.8 Å². The molecule has 0 aliphatic carbocycles. The molecule has 7 heteroatoms. The Balaban J connectivity index is 2.15. The lowest BCUT2D eigenvalue weighted by Gasteiger charge is -2.21. The van der Waals surface area contributed by atoms with Crippen LogP contribution in [0.3, 0.4) is 0 Å². The van der Waals surface area contributed by atoms with Gasteiger partial charge in [-0.05, 0) is 38.1 Å². The summed E-state index contributed by atoms with van der Waals surface area (Å²) in [6, 6.07) is 9.83. The number of benzene rings is 1. The van der Waals surface area contributed by atoms with Crippen LogP contribution in [0, 0.1) is 0 Å². The lowest BCUT2D eigenvalue weighted by Crippen LogP contribution is -2.21. The number of anilines is 5. The van der Waals surface area contributed by atoms with Crippen LogP contribution in [0.25, 0.3) is 0 Å². The highest BCUT2D eigenvalue weighted by atomic mass is 15.3. The van der Waals surface area contributed by atoms with Gasteiger partial charge in [-0.15, -0.1) is 0 Å². The standard InChI is InChI=1S/C14H21N7/c1-3-21(4-2)11-7-5-10(6-8-11)17-12-9-13(20-16)19-14(15)18-12/h5-9H,3-4,16H2,1-2H3,(H4,15,17,18,19,20). The van der Waals surface area contributed by atoms with Crippen LogP contribution in [0.15, 0.2) is 30.3 Å². The molecule has 2 rings (SSSR count). The van der Waals surface area contributed by atoms with Crippen LogP contribution in [-0.4, -0.2) is 23.1 Å². The molecule has 1 heterocycles. The molecular weight excluding hydrogens is 266 g/mol. The van der Waals surface area contributed by atoms with E-state index in [0.29, 0.717) is 11.6 Å². The van der Waals surface area contributed by atoms with Crippen molar-refractivity contribution < 1.29 is 0 Å². The summed E-state index contributed by atoms with van der Waals surface area (Å²) < 4.78 is 0. The molecule has 0 amide bonds. The Kier molecular flexibility index (Phi) is 4.78. The third-order valence-corrected chi connectivity index (χ3v) is 3.16. The van der Waals surface area contributed by atoms with Gasteiger partial charge in [0.25, 0.3) is 0 Å². The van der Waals surface area contributed by atoms with Crippen LogP contribution in [0.5, 0.6) is 0 Å². The van der Waals surface area contributed by atoms with E-state index in [1.807, 2.05) is 12.1 Å². The summed E-state index contributed by atoms with van der Waals surface area (Å²) in [5.74, 6) is 6.55. The van der Waals surface area contributed by atoms with E-state index >= 15 is 0 Å². The molecule has 112 valence electrons. The van der Waals surface area contributed by atoms with Crippen molar-refractivity contribution in [2.75, 3.05) is 34.5 Å². The van der Waals surface area contributed by atoms with E-state index in [0.717, 1.165) is 18.8 Å². The molecule has 21 heavy (non-hydrogen) atoms. The summed E-state index contributed by atoms with van der Waals surface area (Å²) >= 11 is 0. The van der Waals surface area contributed by atoms with Gasteiger partial charge >= 0.3 is 0 Å². The average Bonchev–Trinajstić information content (AvgIpc) is 2.49. The van der Waals surface area contributed by atoms with E-state index in [1.165, 1.54) is 5.69 Å². The van der Waals surface area contributed by atoms with Crippen LogP contribution in [0.2, 0.25) is 0 Å². The first-order chi connectivity index (χ1) is 10.2. The number of hydrogen-bond donors (Lipinski definition) is 4. The zero-order valence-corrected chi connectivity index (χ0v) is 12.3. The van der Waals surface area contributed by atoms with Crippen LogP contribution in [0.1, 0.15) is 13.8 Å². The molecule has 0 saturated carbocycles. The highest BCUT2D eigenvalue weighted by Crippen LogP contribution is 2.21. The molecule has 2 aromatic rings. The summed E-state index contributed by atoms with van der Waals surface area (Å²) in [6.45, 7) is 6.25. The monoisotopic (exact) mass is 287 g/mol. The first-order valence-corrected chi connectivity index (χ1v) is 6.89. The maximum absolute atomic E-state index is 5.62. The summed E-state index contributed by atoms with van der Waals surface area (Å²) in [7, 11) is 0. The summed E-state index contributed by atoms with van der Waals surface area (Å²) in [5, 5.41) is 3.18. The molecule has 0 atom stereocenters. The lowest BCUT2D eigenvalue weighted by atomic mass is 10.2. The highest BCUT2D eigenvalue weighted by Gasteiger charge is 2.04. The number of nitrogens with one attached hydrogen (secondary N) is 2. The molecule has 0 saturated heterocycles. The minimum Gasteiger partial charge on any atom is -0.372 e. The molecule has 1 aromatic heterocycles. The number of hydrazine groups is 1. The Morgan fingerprint density at radius 3 is 2.24 bits per heavy atom. The SMILES string of the molecule is CCN(CC)c1ccc(Nc2cc(NN)nc(N)n2)cc1. The molecule has 0 unspecified atom stereocenters. The van der Waals surface area contributed by atoms with E-state index in [1.54, 1.807) is 6.07 Å². The maximum Gasteiger partial charge on any atom is 0.223 e. The van der Waals surface area contributed by atoms with Crippen molar-refractivity contribution in [1.82, 2.24) is 9.97 Å². The van der Waals surface area contributed by atoms with Gasteiger partial charge in [-0.3, -0.25) is 0 Å². The van der Waals surface area contributed by atoms with Crippen molar-refractivity contribution in [2.24, 2.45) is 5.84 Å². The number of aromatic nitrogens is 2. The van der Waals surface area contributed by atoms with Crippen molar-refractivity contribution >= 4 is 29.0 Å². The molecule has 0 aliphatic heterocycles. The van der Waals surface area contributed by atoms with E-state index in [4.69, 9.17) is 11.6 Å². The first-order valence-electron chi connectivity index (χ1n) is 6.89. The number of rotatable bonds is 6. The van der Waals surface area contributed by atoms with Crippen LogP contribution in [0.4, 0.5) is 29.0 Å². The van der Waals surface area contributed by atoms with Gasteiger partial charge in [0.2, 0.25) is 5.95 Å². The Morgan fingerprint density at radius 1 is 1.05 bits per heavy atom. The van der Waals surface area contributed by atoms with Gasteiger partial charge in [-0.25, -0.2) is 5.84 Å². The van der Waals surface area contributed by atoms with Crippen LogP contribution < -0.4 is 27.2 Å². The van der Waals surface area contributed by atoms with Gasteiger partial charge in [0.05, 0.1) is 0 Å². The Bertz CT molecular complexity index is 578. The number of nitrogens with zero attached hydrogens (tertiary/aromatic N) is 3. The van der Waals surface area contributed by atoms with E-state index in [2.05, 4.69) is 51.6 Å². The minimum atomic E-state index is 0.160. The Hall–Kier alpha value is -2.54. The molecule has 1 aromatic carbocycles. The Morgan fingerprint density at radius 2 is 1.67 bits per heavy atom. The molecule has 7 nitrogen and oxygen atoms in total. The second-order valence-corrected chi connectivity index (χ2v) is 4.49. The normalized spacial score (nSPS) is 10.2. The fourth-order valence-electron chi connectivity index (χ4n) is 2.10. The Labute approximate surface area is 124 Å². The molecular formula is C14H21N7. The van der Waals surface area contributed by atoms with Crippen LogP contribution >= 0.6 is 0 Å². The summed E-state index contributed by atoms with van der Waals surface area (Å²) in [4.78, 5) is 10.3. The van der Waals surface area contributed by atoms with Crippen molar-refractivity contribution in [3.8, 4) is 0 Å². The van der Waals surface area contributed by atoms with E-state index in [9.17, 15) is 0 Å². The fraction of sp³-hybridized carbons (Fsp3) is 0.286. The van der Waals surface area contributed by atoms with Gasteiger partial charge in [0.1, 0.15) is 11.6 Å². The van der Waals surface area contributed by atoms with Crippen LogP contribution in [-0.2, 0) is 0 Å². The predicted octanol–water partition coefficient (Wildman–Crippen LogP) is 1.93. The smallest absolute Gasteiger partial charge is 0.223 e. The predicted molar refractivity (Wildman–Crippen MR) is 87.5 cm³/mol. The van der Waals surface area contributed by atoms with Crippen molar-refractivity contribution in [3.63, 3.8) is 0 Å². The molecule has 0 fully saturated rings. The molecule has 0 bridgehead atoms. The van der Waals surface area contributed by atoms with Gasteiger partial charge in [-0.1, -0.05) is 0 Å². The van der Waals surface area contributed by atoms with Gasteiger partial charge < -0.3 is 21.4 Å². The second kappa shape index (κ2) is 6.76. The third kappa shape index (κ3) is 3.73. The second-order valence-electron chi connectivity index (χ2n) is 4.49. The summed E-state index contributed by atoms with van der Waals surface area (Å²) in [6.07, 6.45) is 0. The quantitative estimate of drug-likeness (QED) is 0.475. The van der Waals surface area contributed by atoms with Gasteiger partial charge in [0, 0.05) is 30.5 Å². The number of nitrogen functional groups attached to an aromatic ring is 2. The van der Waals surface area contributed by atoms with E-state index < -0.39 is 0 Å².